The van der Waals surface area contributed by atoms with E-state index in [1.54, 1.807) is 0 Å². The van der Waals surface area contributed by atoms with E-state index in [1.165, 1.54) is 6.42 Å². The molecule has 0 aromatic carbocycles. The van der Waals surface area contributed by atoms with Gasteiger partial charge in [0.05, 0.1) is 23.0 Å². The van der Waals surface area contributed by atoms with Crippen molar-refractivity contribution >= 4 is 0 Å². The molecule has 2 rings (SSSR count). The van der Waals surface area contributed by atoms with Gasteiger partial charge in [0, 0.05) is 6.54 Å². The van der Waals surface area contributed by atoms with Crippen LogP contribution in [0.2, 0.25) is 0 Å². The van der Waals surface area contributed by atoms with E-state index < -0.39 is 0 Å². The summed E-state index contributed by atoms with van der Waals surface area (Å²) in [4.78, 5) is 0. The van der Waals surface area contributed by atoms with Crippen LogP contribution < -0.4 is 5.32 Å². The fourth-order valence-electron chi connectivity index (χ4n) is 2.22. The molecule has 1 fully saturated rings. The first kappa shape index (κ1) is 10.2. The zero-order chi connectivity index (χ0) is 10.8. The van der Waals surface area contributed by atoms with E-state index in [0.29, 0.717) is 6.04 Å². The number of nitrogens with zero attached hydrogens (tertiary/aromatic N) is 3. The summed E-state index contributed by atoms with van der Waals surface area (Å²) < 4.78 is 2.01. The zero-order valence-electron chi connectivity index (χ0n) is 9.25. The van der Waals surface area contributed by atoms with Gasteiger partial charge in [0.25, 0.3) is 0 Å². The van der Waals surface area contributed by atoms with Crippen molar-refractivity contribution in [3.8, 4) is 6.07 Å². The van der Waals surface area contributed by atoms with Gasteiger partial charge in [0.15, 0.2) is 0 Å². The molecule has 0 spiro atoms. The second-order valence-electron chi connectivity index (χ2n) is 4.10. The summed E-state index contributed by atoms with van der Waals surface area (Å²) in [5.74, 6) is 0. The monoisotopic (exact) mass is 204 g/mol. The molecule has 0 radical (unpaired) electrons. The minimum Gasteiger partial charge on any atom is -0.315 e. The summed E-state index contributed by atoms with van der Waals surface area (Å²) in [5, 5.41) is 16.8. The first-order chi connectivity index (χ1) is 7.24. The quantitative estimate of drug-likeness (QED) is 0.750. The molecule has 2 heterocycles. The number of nitrogens with one attached hydrogen (secondary N) is 1. The van der Waals surface area contributed by atoms with Crippen LogP contribution in [0.4, 0.5) is 0 Å². The van der Waals surface area contributed by atoms with Crippen molar-refractivity contribution in [3.63, 3.8) is 0 Å². The highest BCUT2D eigenvalue weighted by Gasteiger charge is 2.20. The van der Waals surface area contributed by atoms with Gasteiger partial charge in [-0.2, -0.15) is 10.4 Å². The van der Waals surface area contributed by atoms with Crippen molar-refractivity contribution in [2.75, 3.05) is 13.1 Å². The van der Waals surface area contributed by atoms with Gasteiger partial charge >= 0.3 is 0 Å². The van der Waals surface area contributed by atoms with Crippen LogP contribution in [0.1, 0.15) is 35.8 Å². The first-order valence-corrected chi connectivity index (χ1v) is 5.40. The lowest BCUT2D eigenvalue weighted by molar-refractivity contribution is 0.341. The van der Waals surface area contributed by atoms with Crippen molar-refractivity contribution in [2.45, 2.75) is 32.7 Å². The highest BCUT2D eigenvalue weighted by atomic mass is 15.3. The lowest BCUT2D eigenvalue weighted by Gasteiger charge is -2.24. The largest absolute Gasteiger partial charge is 0.315 e. The SMILES string of the molecule is Cc1nn(C2CCCNC2)c(C)c1C#N. The number of aryl methyl sites for hydroxylation is 1. The molecule has 1 unspecified atom stereocenters. The molecule has 1 saturated heterocycles. The van der Waals surface area contributed by atoms with Crippen LogP contribution in [0.25, 0.3) is 0 Å². The molecule has 1 aromatic rings. The number of hydrogen-bond donors (Lipinski definition) is 1. The van der Waals surface area contributed by atoms with E-state index >= 15 is 0 Å². The smallest absolute Gasteiger partial charge is 0.103 e. The van der Waals surface area contributed by atoms with Crippen LogP contribution in [0, 0.1) is 25.2 Å². The van der Waals surface area contributed by atoms with Crippen molar-refractivity contribution in [3.05, 3.63) is 17.0 Å². The van der Waals surface area contributed by atoms with Gasteiger partial charge in [-0.25, -0.2) is 0 Å². The summed E-state index contributed by atoms with van der Waals surface area (Å²) in [6, 6.07) is 2.64. The molecule has 1 aliphatic rings. The molecular weight excluding hydrogens is 188 g/mol. The van der Waals surface area contributed by atoms with E-state index in [0.717, 1.165) is 36.5 Å². The van der Waals surface area contributed by atoms with Gasteiger partial charge in [-0.3, -0.25) is 4.68 Å². The topological polar surface area (TPSA) is 53.6 Å². The Bertz CT molecular complexity index is 393. The highest BCUT2D eigenvalue weighted by Crippen LogP contribution is 2.21. The fraction of sp³-hybridized carbons (Fsp3) is 0.636. The van der Waals surface area contributed by atoms with Crippen LogP contribution in [0.15, 0.2) is 0 Å². The van der Waals surface area contributed by atoms with Crippen molar-refractivity contribution < 1.29 is 0 Å². The number of nitriles is 1. The maximum Gasteiger partial charge on any atom is 0.103 e. The van der Waals surface area contributed by atoms with E-state index in [1.807, 2.05) is 18.5 Å². The molecule has 1 N–H and O–H groups in total. The maximum atomic E-state index is 8.99. The molecule has 0 amide bonds. The summed E-state index contributed by atoms with van der Waals surface area (Å²) in [6.45, 7) is 5.94. The molecule has 0 aliphatic carbocycles. The average molecular weight is 204 g/mol. The van der Waals surface area contributed by atoms with Crippen molar-refractivity contribution in [1.29, 1.82) is 5.26 Å². The van der Waals surface area contributed by atoms with Crippen LogP contribution in [-0.4, -0.2) is 22.9 Å². The molecule has 1 aliphatic heterocycles. The summed E-state index contributed by atoms with van der Waals surface area (Å²) in [6.07, 6.45) is 2.34. The minimum absolute atomic E-state index is 0.416. The lowest BCUT2D eigenvalue weighted by atomic mass is 10.1. The number of rotatable bonds is 1. The van der Waals surface area contributed by atoms with Gasteiger partial charge in [-0.15, -0.1) is 0 Å². The van der Waals surface area contributed by atoms with Crippen LogP contribution in [0.3, 0.4) is 0 Å². The van der Waals surface area contributed by atoms with Crippen molar-refractivity contribution in [1.82, 2.24) is 15.1 Å². The molecule has 4 heteroatoms. The first-order valence-electron chi connectivity index (χ1n) is 5.40. The van der Waals surface area contributed by atoms with Crippen LogP contribution in [0.5, 0.6) is 0 Å². The second-order valence-corrected chi connectivity index (χ2v) is 4.10. The van der Waals surface area contributed by atoms with E-state index in [4.69, 9.17) is 5.26 Å². The summed E-state index contributed by atoms with van der Waals surface area (Å²) >= 11 is 0. The Morgan fingerprint density at radius 2 is 2.33 bits per heavy atom. The van der Waals surface area contributed by atoms with E-state index in [2.05, 4.69) is 16.5 Å². The van der Waals surface area contributed by atoms with Gasteiger partial charge in [-0.1, -0.05) is 0 Å². The predicted octanol–water partition coefficient (Wildman–Crippen LogP) is 1.30. The standard InChI is InChI=1S/C11H16N4/c1-8-11(6-12)9(2)15(14-8)10-4-3-5-13-7-10/h10,13H,3-5,7H2,1-2H3. The Morgan fingerprint density at radius 3 is 2.87 bits per heavy atom. The van der Waals surface area contributed by atoms with Gasteiger partial charge in [-0.05, 0) is 33.2 Å². The van der Waals surface area contributed by atoms with E-state index in [9.17, 15) is 0 Å². The predicted molar refractivity (Wildman–Crippen MR) is 57.6 cm³/mol. The Kier molecular flexibility index (Phi) is 2.74. The Labute approximate surface area is 89.9 Å². The Morgan fingerprint density at radius 1 is 1.53 bits per heavy atom. The minimum atomic E-state index is 0.416. The normalized spacial score (nSPS) is 21.3. The molecule has 0 saturated carbocycles. The van der Waals surface area contributed by atoms with Crippen LogP contribution >= 0.6 is 0 Å². The zero-order valence-corrected chi connectivity index (χ0v) is 9.25. The molecular formula is C11H16N4. The average Bonchev–Trinajstić information content (AvgIpc) is 2.55. The number of aromatic nitrogens is 2. The number of hydrogen-bond acceptors (Lipinski definition) is 3. The Hall–Kier alpha value is -1.34. The van der Waals surface area contributed by atoms with Gasteiger partial charge < -0.3 is 5.32 Å². The number of piperidine rings is 1. The highest BCUT2D eigenvalue weighted by molar-refractivity contribution is 5.37. The third kappa shape index (κ3) is 1.75. The molecule has 0 bridgehead atoms. The fourth-order valence-corrected chi connectivity index (χ4v) is 2.22. The molecule has 15 heavy (non-hydrogen) atoms. The van der Waals surface area contributed by atoms with Crippen molar-refractivity contribution in [2.24, 2.45) is 0 Å². The summed E-state index contributed by atoms with van der Waals surface area (Å²) in [7, 11) is 0. The van der Waals surface area contributed by atoms with Gasteiger partial charge in [0.1, 0.15) is 6.07 Å². The van der Waals surface area contributed by atoms with E-state index in [-0.39, 0.29) is 0 Å². The molecule has 1 aromatic heterocycles. The molecule has 1 atom stereocenters. The molecule has 4 nitrogen and oxygen atoms in total. The third-order valence-electron chi connectivity index (χ3n) is 3.05. The maximum absolute atomic E-state index is 8.99. The second kappa shape index (κ2) is 4.03. The summed E-state index contributed by atoms with van der Waals surface area (Å²) in [5.41, 5.74) is 2.59. The van der Waals surface area contributed by atoms with Gasteiger partial charge in [0.2, 0.25) is 0 Å². The Balaban J connectivity index is 2.32. The molecule has 80 valence electrons. The third-order valence-corrected chi connectivity index (χ3v) is 3.05. The lowest BCUT2D eigenvalue weighted by Crippen LogP contribution is -2.32. The van der Waals surface area contributed by atoms with Crippen LogP contribution in [-0.2, 0) is 0 Å².